The van der Waals surface area contributed by atoms with E-state index in [4.69, 9.17) is 4.43 Å². The van der Waals surface area contributed by atoms with E-state index in [1.165, 1.54) is 0 Å². The van der Waals surface area contributed by atoms with E-state index in [0.29, 0.717) is 36.5 Å². The summed E-state index contributed by atoms with van der Waals surface area (Å²) in [5, 5.41) is 0.345. The van der Waals surface area contributed by atoms with Crippen molar-refractivity contribution in [3.05, 3.63) is 0 Å². The summed E-state index contributed by atoms with van der Waals surface area (Å²) in [6.45, 7) is 15.8. The molecule has 0 aromatic carbocycles. The molecule has 0 aliphatic rings. The van der Waals surface area contributed by atoms with E-state index < -0.39 is 8.32 Å². The van der Waals surface area contributed by atoms with Crippen molar-refractivity contribution in [3.8, 4) is 0 Å². The molecule has 0 heterocycles. The van der Waals surface area contributed by atoms with Crippen LogP contribution in [0, 0.1) is 5.92 Å². The summed E-state index contributed by atoms with van der Waals surface area (Å²) in [4.78, 5) is 14.5. The zero-order valence-corrected chi connectivity index (χ0v) is 17.4. The van der Waals surface area contributed by atoms with Crippen LogP contribution in [0.25, 0.3) is 0 Å². The third kappa shape index (κ3) is 10.0. The first kappa shape index (κ1) is 22.2. The van der Waals surface area contributed by atoms with Crippen molar-refractivity contribution >= 4 is 26.7 Å². The quantitative estimate of drug-likeness (QED) is 0.300. The van der Waals surface area contributed by atoms with Gasteiger partial charge in [-0.15, -0.1) is 0 Å². The van der Waals surface area contributed by atoms with Crippen molar-refractivity contribution in [2.45, 2.75) is 77.8 Å². The van der Waals surface area contributed by atoms with Crippen molar-refractivity contribution in [2.24, 2.45) is 5.92 Å². The molecule has 2 unspecified atom stereocenters. The SMILES string of the molecule is CCCC(S)C(C)CC(=O)CC[Si](C)(C)OCN(CC)CC. The fraction of sp³-hybridized carbons (Fsp3) is 0.941. The number of hydrogen-bond donors (Lipinski definition) is 1. The molecule has 5 heteroatoms. The Kier molecular flexibility index (Phi) is 11.7. The summed E-state index contributed by atoms with van der Waals surface area (Å²) in [7, 11) is -1.74. The molecule has 0 radical (unpaired) electrons. The van der Waals surface area contributed by atoms with Crippen LogP contribution < -0.4 is 0 Å². The predicted molar refractivity (Wildman–Crippen MR) is 102 cm³/mol. The molecule has 0 spiro atoms. The Morgan fingerprint density at radius 2 is 1.82 bits per heavy atom. The maximum atomic E-state index is 12.2. The van der Waals surface area contributed by atoms with E-state index in [-0.39, 0.29) is 0 Å². The van der Waals surface area contributed by atoms with E-state index in [2.05, 4.69) is 58.3 Å². The highest BCUT2D eigenvalue weighted by Crippen LogP contribution is 2.21. The molecule has 0 aromatic rings. The van der Waals surface area contributed by atoms with Crippen molar-refractivity contribution in [2.75, 3.05) is 19.8 Å². The fourth-order valence-corrected chi connectivity index (χ4v) is 4.28. The van der Waals surface area contributed by atoms with Gasteiger partial charge in [-0.2, -0.15) is 12.6 Å². The van der Waals surface area contributed by atoms with Gasteiger partial charge in [0.1, 0.15) is 5.78 Å². The maximum absolute atomic E-state index is 12.2. The Balaban J connectivity index is 4.10. The smallest absolute Gasteiger partial charge is 0.188 e. The summed E-state index contributed by atoms with van der Waals surface area (Å²) in [6, 6.07) is 0.921. The van der Waals surface area contributed by atoms with Crippen LogP contribution in [0.5, 0.6) is 0 Å². The zero-order valence-electron chi connectivity index (χ0n) is 15.5. The minimum absolute atomic E-state index is 0.345. The van der Waals surface area contributed by atoms with E-state index in [9.17, 15) is 4.79 Å². The van der Waals surface area contributed by atoms with Crippen LogP contribution in [0.1, 0.15) is 53.4 Å². The number of nitrogens with zero attached hydrogens (tertiary/aromatic N) is 1. The standard InChI is InChI=1S/C17H37NO2SSi/c1-7-10-17(21)15(4)13-16(19)11-12-22(5,6)20-14-18(8-2)9-3/h15,17,21H,7-14H2,1-6H3. The van der Waals surface area contributed by atoms with Crippen molar-refractivity contribution in [1.29, 1.82) is 0 Å². The van der Waals surface area contributed by atoms with Gasteiger partial charge < -0.3 is 4.43 Å². The molecule has 0 N–H and O–H groups in total. The van der Waals surface area contributed by atoms with Crippen LogP contribution in [-0.2, 0) is 9.22 Å². The van der Waals surface area contributed by atoms with E-state index in [0.717, 1.165) is 32.0 Å². The molecule has 22 heavy (non-hydrogen) atoms. The van der Waals surface area contributed by atoms with Crippen LogP contribution >= 0.6 is 12.6 Å². The average Bonchev–Trinajstić information content (AvgIpc) is 2.46. The summed E-state index contributed by atoms with van der Waals surface area (Å²) < 4.78 is 6.11. The van der Waals surface area contributed by atoms with Crippen LogP contribution in [-0.4, -0.2) is 44.1 Å². The van der Waals surface area contributed by atoms with E-state index in [1.807, 2.05) is 0 Å². The van der Waals surface area contributed by atoms with Gasteiger partial charge in [0.25, 0.3) is 0 Å². The number of carbonyl (C=O) groups excluding carboxylic acids is 1. The number of Topliss-reactive ketones (excluding diaryl/α,β-unsaturated/α-hetero) is 1. The molecular weight excluding hydrogens is 310 g/mol. The van der Waals surface area contributed by atoms with Gasteiger partial charge in [-0.1, -0.05) is 34.1 Å². The second-order valence-corrected chi connectivity index (χ2v) is 11.9. The highest BCUT2D eigenvalue weighted by Gasteiger charge is 2.25. The van der Waals surface area contributed by atoms with Gasteiger partial charge >= 0.3 is 0 Å². The molecular formula is C17H37NO2SSi. The molecule has 0 rings (SSSR count). The number of carbonyl (C=O) groups is 1. The summed E-state index contributed by atoms with van der Waals surface area (Å²) in [5.41, 5.74) is 0. The average molecular weight is 348 g/mol. The lowest BCUT2D eigenvalue weighted by Gasteiger charge is -2.27. The topological polar surface area (TPSA) is 29.5 Å². The van der Waals surface area contributed by atoms with Crippen LogP contribution in [0.2, 0.25) is 19.1 Å². The molecule has 3 nitrogen and oxygen atoms in total. The Labute approximate surface area is 144 Å². The highest BCUT2D eigenvalue weighted by molar-refractivity contribution is 7.81. The van der Waals surface area contributed by atoms with E-state index >= 15 is 0 Å². The summed E-state index contributed by atoms with van der Waals surface area (Å²) >= 11 is 4.61. The molecule has 0 aliphatic heterocycles. The van der Waals surface area contributed by atoms with Crippen LogP contribution in [0.3, 0.4) is 0 Å². The monoisotopic (exact) mass is 347 g/mol. The van der Waals surface area contributed by atoms with E-state index in [1.54, 1.807) is 0 Å². The summed E-state index contributed by atoms with van der Waals surface area (Å²) in [6.07, 6.45) is 3.54. The number of hydrogen-bond acceptors (Lipinski definition) is 4. The lowest BCUT2D eigenvalue weighted by Crippen LogP contribution is -2.37. The van der Waals surface area contributed by atoms with Gasteiger partial charge in [0.2, 0.25) is 0 Å². The van der Waals surface area contributed by atoms with Crippen LogP contribution in [0.4, 0.5) is 0 Å². The minimum atomic E-state index is -1.74. The molecule has 2 atom stereocenters. The third-order valence-corrected chi connectivity index (χ3v) is 7.46. The highest BCUT2D eigenvalue weighted by atomic mass is 32.1. The molecule has 0 amide bonds. The number of rotatable bonds is 13. The van der Waals surface area contributed by atoms with Gasteiger partial charge in [-0.3, -0.25) is 9.69 Å². The Bertz CT molecular complexity index is 309. The minimum Gasteiger partial charge on any atom is -0.405 e. The second kappa shape index (κ2) is 11.7. The van der Waals surface area contributed by atoms with Gasteiger partial charge in [0.15, 0.2) is 8.32 Å². The van der Waals surface area contributed by atoms with Gasteiger partial charge in [-0.25, -0.2) is 0 Å². The molecule has 0 bridgehead atoms. The van der Waals surface area contributed by atoms with Gasteiger partial charge in [0, 0.05) is 18.1 Å². The zero-order chi connectivity index (χ0) is 17.2. The molecule has 0 saturated heterocycles. The fourth-order valence-electron chi connectivity index (χ4n) is 2.36. The first-order valence-corrected chi connectivity index (χ1v) is 12.4. The molecule has 132 valence electrons. The molecule has 0 fully saturated rings. The second-order valence-electron chi connectivity index (χ2n) is 6.91. The first-order chi connectivity index (χ1) is 10.3. The third-order valence-electron chi connectivity index (χ3n) is 4.33. The Morgan fingerprint density at radius 1 is 1.23 bits per heavy atom. The lowest BCUT2D eigenvalue weighted by atomic mass is 9.97. The Morgan fingerprint density at radius 3 is 2.32 bits per heavy atom. The molecule has 0 saturated carbocycles. The molecule has 0 aliphatic carbocycles. The van der Waals surface area contributed by atoms with Crippen molar-refractivity contribution in [3.63, 3.8) is 0 Å². The molecule has 0 aromatic heterocycles. The Hall–Kier alpha value is 0.157. The largest absolute Gasteiger partial charge is 0.405 e. The van der Waals surface area contributed by atoms with Gasteiger partial charge in [0.05, 0.1) is 6.73 Å². The predicted octanol–water partition coefficient (Wildman–Crippen LogP) is 4.59. The maximum Gasteiger partial charge on any atom is 0.188 e. The first-order valence-electron chi connectivity index (χ1n) is 8.81. The number of thiol groups is 1. The van der Waals surface area contributed by atoms with Gasteiger partial charge in [-0.05, 0) is 44.6 Å². The number of ketones is 1. The van der Waals surface area contributed by atoms with Crippen LogP contribution in [0.15, 0.2) is 0 Å². The summed E-state index contributed by atoms with van der Waals surface area (Å²) in [5.74, 6) is 0.742. The normalized spacial score (nSPS) is 15.1. The lowest BCUT2D eigenvalue weighted by molar-refractivity contribution is -0.119. The van der Waals surface area contributed by atoms with Crippen molar-refractivity contribution < 1.29 is 9.22 Å². The van der Waals surface area contributed by atoms with Crippen molar-refractivity contribution in [1.82, 2.24) is 4.90 Å².